The summed E-state index contributed by atoms with van der Waals surface area (Å²) in [5, 5.41) is 9.30. The van der Waals surface area contributed by atoms with Crippen molar-refractivity contribution in [3.05, 3.63) is 23.5 Å². The molecule has 0 aliphatic heterocycles. The molecule has 90 valence electrons. The summed E-state index contributed by atoms with van der Waals surface area (Å²) in [6.45, 7) is 4.20. The Labute approximate surface area is 102 Å². The second-order valence-electron chi connectivity index (χ2n) is 4.03. The van der Waals surface area contributed by atoms with Crippen molar-refractivity contribution in [1.29, 1.82) is 0 Å². The Bertz CT molecular complexity index is 344. The molecule has 1 heterocycles. The number of pyridine rings is 1. The quantitative estimate of drug-likeness (QED) is 0.855. The highest BCUT2D eigenvalue weighted by molar-refractivity contribution is 7.98. The molecule has 1 aromatic heterocycles. The minimum Gasteiger partial charge on any atom is -0.392 e. The van der Waals surface area contributed by atoms with Gasteiger partial charge in [-0.1, -0.05) is 0 Å². The van der Waals surface area contributed by atoms with Crippen molar-refractivity contribution in [3.63, 3.8) is 0 Å². The van der Waals surface area contributed by atoms with Crippen molar-refractivity contribution in [1.82, 2.24) is 4.98 Å². The van der Waals surface area contributed by atoms with Gasteiger partial charge < -0.3 is 10.0 Å². The number of aliphatic hydroxyl groups excluding tert-OH is 1. The zero-order valence-corrected chi connectivity index (χ0v) is 11.2. The first-order chi connectivity index (χ1) is 7.60. The van der Waals surface area contributed by atoms with Crippen LogP contribution in [0.1, 0.15) is 18.2 Å². The molecule has 1 unspecified atom stereocenters. The van der Waals surface area contributed by atoms with Crippen LogP contribution in [-0.4, -0.2) is 35.2 Å². The number of nitrogens with zero attached hydrogens (tertiary/aromatic N) is 2. The predicted molar refractivity (Wildman–Crippen MR) is 71.1 cm³/mol. The number of aliphatic hydroxyl groups is 1. The van der Waals surface area contributed by atoms with E-state index in [1.807, 2.05) is 24.8 Å². The van der Waals surface area contributed by atoms with Gasteiger partial charge in [0.2, 0.25) is 0 Å². The molecule has 0 fully saturated rings. The molecule has 0 aliphatic rings. The molecule has 4 heteroatoms. The average Bonchev–Trinajstić information content (AvgIpc) is 2.28. The van der Waals surface area contributed by atoms with Crippen molar-refractivity contribution in [3.8, 4) is 0 Å². The number of anilines is 1. The second-order valence-corrected chi connectivity index (χ2v) is 4.94. The normalized spacial score (nSPS) is 12.6. The topological polar surface area (TPSA) is 36.4 Å². The molecule has 1 rings (SSSR count). The molecule has 0 saturated heterocycles. The van der Waals surface area contributed by atoms with Crippen LogP contribution in [0.5, 0.6) is 0 Å². The molecule has 0 aromatic carbocycles. The maximum atomic E-state index is 9.30. The van der Waals surface area contributed by atoms with E-state index in [9.17, 15) is 5.11 Å². The molecule has 0 amide bonds. The standard InChI is InChI=1S/C12H20N2OS/c1-9-5-12(11(7-15)6-13-9)14(3)10(2)8-16-4/h5-6,10,15H,7-8H2,1-4H3. The van der Waals surface area contributed by atoms with E-state index in [4.69, 9.17) is 0 Å². The van der Waals surface area contributed by atoms with Crippen LogP contribution in [0.15, 0.2) is 12.3 Å². The van der Waals surface area contributed by atoms with Crippen LogP contribution in [0.25, 0.3) is 0 Å². The number of thioether (sulfide) groups is 1. The highest BCUT2D eigenvalue weighted by Crippen LogP contribution is 2.22. The molecule has 0 aliphatic carbocycles. The van der Waals surface area contributed by atoms with Crippen molar-refractivity contribution in [2.45, 2.75) is 26.5 Å². The summed E-state index contributed by atoms with van der Waals surface area (Å²) in [6.07, 6.45) is 3.86. The van der Waals surface area contributed by atoms with Gasteiger partial charge in [-0.05, 0) is 26.2 Å². The lowest BCUT2D eigenvalue weighted by molar-refractivity contribution is 0.281. The molecular formula is C12H20N2OS. The van der Waals surface area contributed by atoms with Gasteiger partial charge in [0.15, 0.2) is 0 Å². The van der Waals surface area contributed by atoms with Crippen LogP contribution in [0.2, 0.25) is 0 Å². The summed E-state index contributed by atoms with van der Waals surface area (Å²) in [6, 6.07) is 2.48. The van der Waals surface area contributed by atoms with Gasteiger partial charge in [0.1, 0.15) is 0 Å². The summed E-state index contributed by atoms with van der Waals surface area (Å²) >= 11 is 1.83. The molecule has 1 N–H and O–H groups in total. The maximum absolute atomic E-state index is 9.30. The first-order valence-electron chi connectivity index (χ1n) is 5.38. The van der Waals surface area contributed by atoms with E-state index in [1.165, 1.54) is 0 Å². The van der Waals surface area contributed by atoms with Crippen LogP contribution in [0, 0.1) is 6.92 Å². The van der Waals surface area contributed by atoms with E-state index in [0.717, 1.165) is 22.7 Å². The van der Waals surface area contributed by atoms with Gasteiger partial charge >= 0.3 is 0 Å². The third-order valence-electron chi connectivity index (χ3n) is 2.72. The molecule has 0 radical (unpaired) electrons. The Morgan fingerprint density at radius 2 is 2.25 bits per heavy atom. The summed E-state index contributed by atoms with van der Waals surface area (Å²) < 4.78 is 0. The Morgan fingerprint density at radius 3 is 2.81 bits per heavy atom. The van der Waals surface area contributed by atoms with Gasteiger partial charge in [-0.25, -0.2) is 0 Å². The maximum Gasteiger partial charge on any atom is 0.0717 e. The fourth-order valence-electron chi connectivity index (χ4n) is 1.61. The Hall–Kier alpha value is -0.740. The third-order valence-corrected chi connectivity index (χ3v) is 3.53. The lowest BCUT2D eigenvalue weighted by atomic mass is 10.2. The zero-order valence-electron chi connectivity index (χ0n) is 10.4. The molecule has 16 heavy (non-hydrogen) atoms. The first kappa shape index (κ1) is 13.3. The molecule has 1 aromatic rings. The van der Waals surface area contributed by atoms with Crippen molar-refractivity contribution < 1.29 is 5.11 Å². The molecule has 0 spiro atoms. The molecule has 0 saturated carbocycles. The number of aryl methyl sites for hydroxylation is 1. The van der Waals surface area contributed by atoms with E-state index in [-0.39, 0.29) is 6.61 Å². The Balaban J connectivity index is 2.96. The zero-order chi connectivity index (χ0) is 12.1. The van der Waals surface area contributed by atoms with Gasteiger partial charge in [-0.15, -0.1) is 0 Å². The van der Waals surface area contributed by atoms with Crippen LogP contribution < -0.4 is 4.90 Å². The van der Waals surface area contributed by atoms with Gasteiger partial charge in [0.25, 0.3) is 0 Å². The van der Waals surface area contributed by atoms with Gasteiger partial charge in [0, 0.05) is 42.0 Å². The lowest BCUT2D eigenvalue weighted by Crippen LogP contribution is -2.31. The monoisotopic (exact) mass is 240 g/mol. The van der Waals surface area contributed by atoms with Gasteiger partial charge in [-0.3, -0.25) is 4.98 Å². The van der Waals surface area contributed by atoms with Gasteiger partial charge in [-0.2, -0.15) is 11.8 Å². The van der Waals surface area contributed by atoms with Crippen molar-refractivity contribution >= 4 is 17.4 Å². The SMILES string of the molecule is CSCC(C)N(C)c1cc(C)ncc1CO. The van der Waals surface area contributed by atoms with E-state index in [0.29, 0.717) is 6.04 Å². The molecule has 1 atom stereocenters. The molecular weight excluding hydrogens is 220 g/mol. The number of aromatic nitrogens is 1. The Kier molecular flexibility index (Phi) is 5.09. The van der Waals surface area contributed by atoms with E-state index in [1.54, 1.807) is 6.20 Å². The minimum absolute atomic E-state index is 0.0406. The summed E-state index contributed by atoms with van der Waals surface area (Å²) in [5.41, 5.74) is 2.95. The summed E-state index contributed by atoms with van der Waals surface area (Å²) in [7, 11) is 2.06. The Morgan fingerprint density at radius 1 is 1.56 bits per heavy atom. The van der Waals surface area contributed by atoms with Gasteiger partial charge in [0.05, 0.1) is 6.61 Å². The second kappa shape index (κ2) is 6.11. The minimum atomic E-state index is 0.0406. The highest BCUT2D eigenvalue weighted by Gasteiger charge is 2.13. The number of hydrogen-bond donors (Lipinski definition) is 1. The lowest BCUT2D eigenvalue weighted by Gasteiger charge is -2.28. The first-order valence-corrected chi connectivity index (χ1v) is 6.77. The van der Waals surface area contributed by atoms with E-state index in [2.05, 4.69) is 30.1 Å². The average molecular weight is 240 g/mol. The smallest absolute Gasteiger partial charge is 0.0717 e. The molecule has 0 bridgehead atoms. The van der Waals surface area contributed by atoms with Crippen molar-refractivity contribution in [2.75, 3.05) is 24.0 Å². The van der Waals surface area contributed by atoms with Crippen LogP contribution in [0.3, 0.4) is 0 Å². The number of rotatable bonds is 5. The fourth-order valence-corrected chi connectivity index (χ4v) is 2.32. The van der Waals surface area contributed by atoms with Crippen LogP contribution in [-0.2, 0) is 6.61 Å². The summed E-state index contributed by atoms with van der Waals surface area (Å²) in [4.78, 5) is 6.41. The third kappa shape index (κ3) is 3.12. The van der Waals surface area contributed by atoms with E-state index < -0.39 is 0 Å². The van der Waals surface area contributed by atoms with Crippen LogP contribution in [0.4, 0.5) is 5.69 Å². The fraction of sp³-hybridized carbons (Fsp3) is 0.583. The summed E-state index contributed by atoms with van der Waals surface area (Å²) in [5.74, 6) is 1.07. The van der Waals surface area contributed by atoms with Crippen LogP contribution >= 0.6 is 11.8 Å². The number of hydrogen-bond acceptors (Lipinski definition) is 4. The largest absolute Gasteiger partial charge is 0.392 e. The molecule has 3 nitrogen and oxygen atoms in total. The van der Waals surface area contributed by atoms with E-state index >= 15 is 0 Å². The predicted octanol–water partition coefficient (Wildman–Crippen LogP) is 2.07. The van der Waals surface area contributed by atoms with Crippen molar-refractivity contribution in [2.24, 2.45) is 0 Å². The highest BCUT2D eigenvalue weighted by atomic mass is 32.2.